The molecule has 0 N–H and O–H groups in total. The maximum absolute atomic E-state index is 13.8. The quantitative estimate of drug-likeness (QED) is 0.841. The summed E-state index contributed by atoms with van der Waals surface area (Å²) in [6.45, 7) is 2.54. The summed E-state index contributed by atoms with van der Waals surface area (Å²) in [5, 5.41) is 2.99. The van der Waals surface area contributed by atoms with Gasteiger partial charge in [-0.2, -0.15) is 0 Å². The first-order valence-corrected chi connectivity index (χ1v) is 6.81. The summed E-state index contributed by atoms with van der Waals surface area (Å²) in [6, 6.07) is 0.874. The number of pyridine rings is 1. The Hall–Kier alpha value is -1.63. The van der Waals surface area contributed by atoms with Crippen molar-refractivity contribution in [2.24, 2.45) is 5.41 Å². The van der Waals surface area contributed by atoms with Crippen LogP contribution in [-0.2, 0) is 4.79 Å². The number of hydrogen-bond acceptors (Lipinski definition) is 3. The number of amides is 1. The Morgan fingerprint density at radius 1 is 1.43 bits per heavy atom. The fraction of sp³-hybridized carbons (Fsp3) is 0.571. The summed E-state index contributed by atoms with van der Waals surface area (Å²) in [7, 11) is 0. The van der Waals surface area contributed by atoms with Crippen LogP contribution in [0.1, 0.15) is 31.9 Å². The summed E-state index contributed by atoms with van der Waals surface area (Å²) in [5.74, 6) is -4.22. The lowest BCUT2D eigenvalue weighted by Crippen LogP contribution is -2.45. The molecule has 3 heterocycles. The summed E-state index contributed by atoms with van der Waals surface area (Å²) >= 11 is 0. The fourth-order valence-electron chi connectivity index (χ4n) is 3.05. The van der Waals surface area contributed by atoms with Crippen LogP contribution in [0, 0.1) is 11.2 Å². The number of hydrogen-bond donors (Lipinski definition) is 0. The molecule has 7 heteroatoms. The number of halogens is 3. The molecule has 0 aliphatic carbocycles. The molecule has 0 spiro atoms. The van der Waals surface area contributed by atoms with E-state index in [1.807, 2.05) is 0 Å². The van der Waals surface area contributed by atoms with Crippen LogP contribution in [-0.4, -0.2) is 39.9 Å². The molecule has 2 aliphatic rings. The van der Waals surface area contributed by atoms with Gasteiger partial charge in [0.15, 0.2) is 0 Å². The topological polar surface area (TPSA) is 36.4 Å². The maximum atomic E-state index is 13.8. The molecule has 21 heavy (non-hydrogen) atoms. The van der Waals surface area contributed by atoms with Crippen LogP contribution in [0.2, 0.25) is 0 Å². The molecule has 0 radical (unpaired) electrons. The van der Waals surface area contributed by atoms with E-state index in [1.165, 1.54) is 24.2 Å². The lowest BCUT2D eigenvalue weighted by atomic mass is 9.83. The average molecular weight is 299 g/mol. The molecule has 2 fully saturated rings. The maximum Gasteiger partial charge on any atom is 0.260 e. The lowest BCUT2D eigenvalue weighted by Gasteiger charge is -2.29. The van der Waals surface area contributed by atoms with E-state index in [1.54, 1.807) is 5.01 Å². The van der Waals surface area contributed by atoms with Gasteiger partial charge in [-0.15, -0.1) is 0 Å². The second kappa shape index (κ2) is 4.43. The standard InChI is InChI=1S/C14H16F3N3O/c1-13(14(2,16)17)8-19-4-3-11(20(19)12(13)21)9-5-10(15)7-18-6-9/h5-7,11H,3-4,8H2,1-2H3/t11-,13+/m0/s1. The Bertz CT molecular complexity index is 589. The van der Waals surface area contributed by atoms with E-state index >= 15 is 0 Å². The van der Waals surface area contributed by atoms with E-state index in [2.05, 4.69) is 4.98 Å². The van der Waals surface area contributed by atoms with Gasteiger partial charge >= 0.3 is 0 Å². The molecule has 0 unspecified atom stereocenters. The van der Waals surface area contributed by atoms with E-state index < -0.39 is 29.1 Å². The van der Waals surface area contributed by atoms with E-state index in [0.29, 0.717) is 18.5 Å². The zero-order valence-electron chi connectivity index (χ0n) is 11.8. The predicted molar refractivity (Wildman–Crippen MR) is 68.7 cm³/mol. The van der Waals surface area contributed by atoms with Crippen LogP contribution in [0.3, 0.4) is 0 Å². The minimum absolute atomic E-state index is 0.0193. The minimum atomic E-state index is -3.11. The highest BCUT2D eigenvalue weighted by atomic mass is 19.3. The van der Waals surface area contributed by atoms with Gasteiger partial charge < -0.3 is 0 Å². The van der Waals surface area contributed by atoms with Gasteiger partial charge in [0.2, 0.25) is 0 Å². The third-order valence-electron chi connectivity index (χ3n) is 4.52. The van der Waals surface area contributed by atoms with Crippen LogP contribution in [0.5, 0.6) is 0 Å². The van der Waals surface area contributed by atoms with E-state index in [-0.39, 0.29) is 6.54 Å². The highest BCUT2D eigenvalue weighted by Gasteiger charge is 2.62. The Morgan fingerprint density at radius 3 is 2.76 bits per heavy atom. The van der Waals surface area contributed by atoms with Crippen LogP contribution in [0.15, 0.2) is 18.5 Å². The van der Waals surface area contributed by atoms with Crippen molar-refractivity contribution in [1.82, 2.24) is 15.0 Å². The van der Waals surface area contributed by atoms with Crippen LogP contribution >= 0.6 is 0 Å². The van der Waals surface area contributed by atoms with Gasteiger partial charge in [-0.25, -0.2) is 18.2 Å². The molecule has 1 aromatic heterocycles. The monoisotopic (exact) mass is 299 g/mol. The van der Waals surface area contributed by atoms with Crippen LogP contribution < -0.4 is 0 Å². The Labute approximate surface area is 120 Å². The number of rotatable bonds is 2. The van der Waals surface area contributed by atoms with Crippen molar-refractivity contribution in [1.29, 1.82) is 0 Å². The molecule has 2 saturated heterocycles. The van der Waals surface area contributed by atoms with Gasteiger partial charge in [-0.1, -0.05) is 0 Å². The molecule has 0 saturated carbocycles. The van der Waals surface area contributed by atoms with Crippen molar-refractivity contribution in [2.75, 3.05) is 13.1 Å². The van der Waals surface area contributed by atoms with Gasteiger partial charge in [0.25, 0.3) is 11.8 Å². The number of fused-ring (bicyclic) bond motifs is 1. The molecule has 2 atom stereocenters. The van der Waals surface area contributed by atoms with Gasteiger partial charge in [-0.3, -0.25) is 14.8 Å². The Balaban J connectivity index is 1.95. The molecular formula is C14H16F3N3O. The molecule has 1 aromatic rings. The molecule has 0 aromatic carbocycles. The number of hydrazine groups is 1. The molecule has 114 valence electrons. The normalized spacial score (nSPS) is 30.0. The molecule has 2 aliphatic heterocycles. The Morgan fingerprint density at radius 2 is 2.14 bits per heavy atom. The number of carbonyl (C=O) groups excluding carboxylic acids is 1. The average Bonchev–Trinajstić information content (AvgIpc) is 2.89. The van der Waals surface area contributed by atoms with E-state index in [4.69, 9.17) is 0 Å². The van der Waals surface area contributed by atoms with Crippen molar-refractivity contribution < 1.29 is 18.0 Å². The zero-order valence-corrected chi connectivity index (χ0v) is 11.8. The van der Waals surface area contributed by atoms with Crippen LogP contribution in [0.4, 0.5) is 13.2 Å². The molecule has 3 rings (SSSR count). The number of nitrogens with zero attached hydrogens (tertiary/aromatic N) is 3. The summed E-state index contributed by atoms with van der Waals surface area (Å²) in [5.41, 5.74) is -1.21. The van der Waals surface area contributed by atoms with Gasteiger partial charge in [0.1, 0.15) is 11.2 Å². The third-order valence-corrected chi connectivity index (χ3v) is 4.52. The summed E-state index contributed by atoms with van der Waals surface area (Å²) in [6.07, 6.45) is 3.14. The first kappa shape index (κ1) is 14.3. The van der Waals surface area contributed by atoms with Gasteiger partial charge in [-0.05, 0) is 25.0 Å². The second-order valence-corrected chi connectivity index (χ2v) is 6.00. The number of aromatic nitrogens is 1. The highest BCUT2D eigenvalue weighted by molar-refractivity contribution is 5.86. The first-order valence-electron chi connectivity index (χ1n) is 6.81. The minimum Gasteiger partial charge on any atom is -0.272 e. The largest absolute Gasteiger partial charge is 0.272 e. The van der Waals surface area contributed by atoms with Crippen molar-refractivity contribution in [3.05, 3.63) is 29.8 Å². The number of carbonyl (C=O) groups is 1. The lowest BCUT2D eigenvalue weighted by molar-refractivity contribution is -0.156. The van der Waals surface area contributed by atoms with Crippen LogP contribution in [0.25, 0.3) is 0 Å². The predicted octanol–water partition coefficient (Wildman–Crippen LogP) is 2.39. The molecular weight excluding hydrogens is 283 g/mol. The smallest absolute Gasteiger partial charge is 0.260 e. The fourth-order valence-corrected chi connectivity index (χ4v) is 3.05. The summed E-state index contributed by atoms with van der Waals surface area (Å²) < 4.78 is 40.9. The van der Waals surface area contributed by atoms with Crippen molar-refractivity contribution in [2.45, 2.75) is 32.2 Å². The first-order chi connectivity index (χ1) is 9.74. The van der Waals surface area contributed by atoms with Gasteiger partial charge in [0.05, 0.1) is 12.2 Å². The van der Waals surface area contributed by atoms with Crippen molar-refractivity contribution in [3.63, 3.8) is 0 Å². The van der Waals surface area contributed by atoms with E-state index in [9.17, 15) is 18.0 Å². The second-order valence-electron chi connectivity index (χ2n) is 6.00. The molecule has 0 bridgehead atoms. The molecule has 1 amide bonds. The van der Waals surface area contributed by atoms with Crippen molar-refractivity contribution in [3.8, 4) is 0 Å². The molecule has 4 nitrogen and oxygen atoms in total. The highest BCUT2D eigenvalue weighted by Crippen LogP contribution is 2.48. The Kier molecular flexibility index (Phi) is 3.02. The SMILES string of the molecule is CC(F)(F)[C@]1(C)CN2CC[C@@H](c3cncc(F)c3)N2C1=O. The zero-order chi connectivity index (χ0) is 15.4. The van der Waals surface area contributed by atoms with Crippen molar-refractivity contribution >= 4 is 5.91 Å². The van der Waals surface area contributed by atoms with E-state index in [0.717, 1.165) is 13.1 Å². The third kappa shape index (κ3) is 2.02. The number of alkyl halides is 2. The summed E-state index contributed by atoms with van der Waals surface area (Å²) in [4.78, 5) is 16.3. The van der Waals surface area contributed by atoms with Gasteiger partial charge in [0, 0.05) is 26.2 Å².